The molecule has 0 bridgehead atoms. The molecule has 0 aliphatic heterocycles. The van der Waals surface area contributed by atoms with Crippen molar-refractivity contribution in [3.05, 3.63) is 57.5 Å². The number of rotatable bonds is 5. The van der Waals surface area contributed by atoms with Gasteiger partial charge in [0.1, 0.15) is 0 Å². The smallest absolute Gasteiger partial charge is 0.251 e. The number of benzene rings is 1. The van der Waals surface area contributed by atoms with E-state index in [0.29, 0.717) is 10.2 Å². The van der Waals surface area contributed by atoms with Crippen LogP contribution >= 0.6 is 23.4 Å². The maximum Gasteiger partial charge on any atom is 0.251 e. The van der Waals surface area contributed by atoms with Crippen molar-refractivity contribution in [2.45, 2.75) is 18.1 Å². The van der Waals surface area contributed by atoms with E-state index < -0.39 is 0 Å². The average molecular weight is 324 g/mol. The average Bonchev–Trinajstić information content (AvgIpc) is 2.45. The largest absolute Gasteiger partial charge is 0.349 e. The summed E-state index contributed by atoms with van der Waals surface area (Å²) in [6, 6.07) is 8.53. The molecule has 0 radical (unpaired) electrons. The normalized spacial score (nSPS) is 11.9. The van der Waals surface area contributed by atoms with Crippen LogP contribution in [0.1, 0.15) is 18.5 Å². The molecule has 1 atom stereocenters. The highest BCUT2D eigenvalue weighted by Crippen LogP contribution is 2.17. The summed E-state index contributed by atoms with van der Waals surface area (Å²) in [5.74, 6) is 0.0386. The Morgan fingerprint density at radius 3 is 3.00 bits per heavy atom. The Balaban J connectivity index is 1.88. The lowest BCUT2D eigenvalue weighted by molar-refractivity contribution is -0.119. The topological polar surface area (TPSA) is 74.8 Å². The predicted molar refractivity (Wildman–Crippen MR) is 83.6 cm³/mol. The summed E-state index contributed by atoms with van der Waals surface area (Å²) in [5, 5.41) is 3.93. The summed E-state index contributed by atoms with van der Waals surface area (Å²) < 4.78 is 0. The fraction of sp³-hybridized carbons (Fsp3) is 0.214. The third-order valence-corrected chi connectivity index (χ3v) is 3.84. The van der Waals surface area contributed by atoms with Crippen molar-refractivity contribution >= 4 is 29.3 Å². The zero-order valence-electron chi connectivity index (χ0n) is 11.3. The molecule has 1 amide bonds. The molecule has 2 N–H and O–H groups in total. The highest BCUT2D eigenvalue weighted by molar-refractivity contribution is 7.99. The number of H-pyrrole nitrogens is 1. The van der Waals surface area contributed by atoms with E-state index in [1.807, 2.05) is 25.1 Å². The Kier molecular flexibility index (Phi) is 5.41. The molecule has 0 fully saturated rings. The van der Waals surface area contributed by atoms with Gasteiger partial charge in [0, 0.05) is 17.3 Å². The van der Waals surface area contributed by atoms with Gasteiger partial charge in [-0.1, -0.05) is 35.5 Å². The molecule has 0 saturated heterocycles. The molecule has 1 aromatic carbocycles. The van der Waals surface area contributed by atoms with Crippen LogP contribution in [0.3, 0.4) is 0 Å². The molecule has 0 spiro atoms. The highest BCUT2D eigenvalue weighted by atomic mass is 35.5. The zero-order valence-corrected chi connectivity index (χ0v) is 12.9. The molecule has 21 heavy (non-hydrogen) atoms. The van der Waals surface area contributed by atoms with E-state index in [1.54, 1.807) is 6.07 Å². The molecule has 7 heteroatoms. The van der Waals surface area contributed by atoms with Crippen molar-refractivity contribution in [1.82, 2.24) is 15.3 Å². The SMILES string of the molecule is C[C@@H](NC(=O)CSc1nccc(=O)[nH]1)c1cccc(Cl)c1. The third kappa shape index (κ3) is 4.91. The van der Waals surface area contributed by atoms with Crippen LogP contribution in [0.2, 0.25) is 5.02 Å². The first-order valence-corrected chi connectivity index (χ1v) is 7.64. The molecule has 0 aliphatic rings. The molecule has 1 aromatic heterocycles. The molecule has 0 saturated carbocycles. The Bertz CT molecular complexity index is 690. The Morgan fingerprint density at radius 2 is 2.29 bits per heavy atom. The summed E-state index contributed by atoms with van der Waals surface area (Å²) in [5.41, 5.74) is 0.701. The summed E-state index contributed by atoms with van der Waals surface area (Å²) in [6.45, 7) is 1.89. The van der Waals surface area contributed by atoms with Gasteiger partial charge >= 0.3 is 0 Å². The minimum atomic E-state index is -0.236. The number of thioether (sulfide) groups is 1. The van der Waals surface area contributed by atoms with Crippen LogP contribution in [0.5, 0.6) is 0 Å². The molecule has 1 heterocycles. The van der Waals surface area contributed by atoms with Crippen LogP contribution in [0.25, 0.3) is 0 Å². The van der Waals surface area contributed by atoms with Crippen LogP contribution in [-0.4, -0.2) is 21.6 Å². The van der Waals surface area contributed by atoms with Crippen LogP contribution in [0, 0.1) is 0 Å². The number of carbonyl (C=O) groups is 1. The van der Waals surface area contributed by atoms with Crippen molar-refractivity contribution in [3.63, 3.8) is 0 Å². The second-order valence-corrected chi connectivity index (χ2v) is 5.77. The number of halogens is 1. The van der Waals surface area contributed by atoms with E-state index in [0.717, 1.165) is 5.56 Å². The van der Waals surface area contributed by atoms with Gasteiger partial charge < -0.3 is 10.3 Å². The fourth-order valence-electron chi connectivity index (χ4n) is 1.70. The maximum atomic E-state index is 11.9. The first kappa shape index (κ1) is 15.6. The van der Waals surface area contributed by atoms with Gasteiger partial charge in [-0.25, -0.2) is 4.98 Å². The minimum absolute atomic E-state index is 0.139. The molecule has 5 nitrogen and oxygen atoms in total. The first-order chi connectivity index (χ1) is 10.0. The molecular formula is C14H14ClN3O2S. The summed E-state index contributed by atoms with van der Waals surface area (Å²) >= 11 is 7.10. The van der Waals surface area contributed by atoms with Gasteiger partial charge in [-0.15, -0.1) is 0 Å². The van der Waals surface area contributed by atoms with E-state index in [9.17, 15) is 9.59 Å². The predicted octanol–water partition coefficient (Wildman–Crippen LogP) is 2.39. The van der Waals surface area contributed by atoms with Crippen LogP contribution in [0.15, 0.2) is 46.5 Å². The number of carbonyl (C=O) groups excluding carboxylic acids is 1. The van der Waals surface area contributed by atoms with Gasteiger partial charge in [0.15, 0.2) is 5.16 Å². The number of aromatic nitrogens is 2. The lowest BCUT2D eigenvalue weighted by atomic mass is 10.1. The summed E-state index contributed by atoms with van der Waals surface area (Å²) in [4.78, 5) is 29.5. The molecule has 110 valence electrons. The molecule has 0 unspecified atom stereocenters. The number of hydrogen-bond donors (Lipinski definition) is 2. The van der Waals surface area contributed by atoms with Crippen molar-refractivity contribution in [2.75, 3.05) is 5.75 Å². The zero-order chi connectivity index (χ0) is 15.2. The second-order valence-electron chi connectivity index (χ2n) is 4.37. The standard InChI is InChI=1S/C14H14ClN3O2S/c1-9(10-3-2-4-11(15)7-10)17-13(20)8-21-14-16-6-5-12(19)18-14/h2-7,9H,8H2,1H3,(H,17,20)(H,16,18,19)/t9-/m1/s1. The number of hydrogen-bond acceptors (Lipinski definition) is 4. The summed E-state index contributed by atoms with van der Waals surface area (Å²) in [6.07, 6.45) is 1.41. The minimum Gasteiger partial charge on any atom is -0.349 e. The first-order valence-electron chi connectivity index (χ1n) is 6.27. The molecule has 2 rings (SSSR count). The van der Waals surface area contributed by atoms with Crippen LogP contribution in [0.4, 0.5) is 0 Å². The Morgan fingerprint density at radius 1 is 1.48 bits per heavy atom. The molecular weight excluding hydrogens is 310 g/mol. The summed E-state index contributed by atoms with van der Waals surface area (Å²) in [7, 11) is 0. The maximum absolute atomic E-state index is 11.9. The highest BCUT2D eigenvalue weighted by Gasteiger charge is 2.10. The van der Waals surface area contributed by atoms with Gasteiger partial charge in [-0.3, -0.25) is 9.59 Å². The van der Waals surface area contributed by atoms with Crippen molar-refractivity contribution < 1.29 is 4.79 Å². The number of amides is 1. The van der Waals surface area contributed by atoms with Gasteiger partial charge in [0.05, 0.1) is 11.8 Å². The fourth-order valence-corrected chi connectivity index (χ4v) is 2.56. The number of nitrogens with one attached hydrogen (secondary N) is 2. The van der Waals surface area contributed by atoms with Crippen LogP contribution in [-0.2, 0) is 4.79 Å². The Labute approximate surface area is 131 Å². The van der Waals surface area contributed by atoms with Gasteiger partial charge in [0.25, 0.3) is 5.56 Å². The van der Waals surface area contributed by atoms with E-state index in [4.69, 9.17) is 11.6 Å². The van der Waals surface area contributed by atoms with Crippen LogP contribution < -0.4 is 10.9 Å². The van der Waals surface area contributed by atoms with E-state index in [-0.39, 0.29) is 23.3 Å². The van der Waals surface area contributed by atoms with Crippen molar-refractivity contribution in [2.24, 2.45) is 0 Å². The monoisotopic (exact) mass is 323 g/mol. The molecule has 0 aliphatic carbocycles. The quantitative estimate of drug-likeness (QED) is 0.654. The van der Waals surface area contributed by atoms with Crippen molar-refractivity contribution in [1.29, 1.82) is 0 Å². The van der Waals surface area contributed by atoms with E-state index in [2.05, 4.69) is 15.3 Å². The van der Waals surface area contributed by atoms with Crippen molar-refractivity contribution in [3.8, 4) is 0 Å². The lowest BCUT2D eigenvalue weighted by Crippen LogP contribution is -2.28. The Hall–Kier alpha value is -1.79. The van der Waals surface area contributed by atoms with E-state index >= 15 is 0 Å². The van der Waals surface area contributed by atoms with Gasteiger partial charge in [-0.2, -0.15) is 0 Å². The van der Waals surface area contributed by atoms with E-state index in [1.165, 1.54) is 24.0 Å². The van der Waals surface area contributed by atoms with Gasteiger partial charge in [-0.05, 0) is 24.6 Å². The van der Waals surface area contributed by atoms with Gasteiger partial charge in [0.2, 0.25) is 5.91 Å². The lowest BCUT2D eigenvalue weighted by Gasteiger charge is -2.14. The number of nitrogens with zero attached hydrogens (tertiary/aromatic N) is 1. The molecule has 2 aromatic rings. The third-order valence-electron chi connectivity index (χ3n) is 2.71. The number of aromatic amines is 1. The second kappa shape index (κ2) is 7.28.